The Morgan fingerprint density at radius 1 is 1.08 bits per heavy atom. The third-order valence-corrected chi connectivity index (χ3v) is 5.72. The van der Waals surface area contributed by atoms with Crippen molar-refractivity contribution in [2.24, 2.45) is 0 Å². The number of hydrogen-bond acceptors (Lipinski definition) is 4. The highest BCUT2D eigenvalue weighted by molar-refractivity contribution is 7.89. The Morgan fingerprint density at radius 2 is 1.65 bits per heavy atom. The van der Waals surface area contributed by atoms with E-state index in [4.69, 9.17) is 0 Å². The lowest BCUT2D eigenvalue weighted by atomic mass is 10.1. The van der Waals surface area contributed by atoms with E-state index >= 15 is 0 Å². The molecule has 144 valence electrons. The molecule has 2 amide bonds. The third kappa shape index (κ3) is 5.81. The van der Waals surface area contributed by atoms with Crippen LogP contribution >= 0.6 is 0 Å². The number of rotatable bonds is 6. The molecule has 0 aromatic heterocycles. The zero-order valence-electron chi connectivity index (χ0n) is 15.5. The molecule has 1 aliphatic heterocycles. The number of benzene rings is 1. The lowest BCUT2D eigenvalue weighted by Crippen LogP contribution is -2.40. The highest BCUT2D eigenvalue weighted by Gasteiger charge is 2.22. The number of carbonyl (C=O) groups is 2. The zero-order valence-corrected chi connectivity index (χ0v) is 16.4. The van der Waals surface area contributed by atoms with Crippen molar-refractivity contribution in [2.45, 2.75) is 50.5 Å². The Hall–Kier alpha value is -1.93. The van der Waals surface area contributed by atoms with Crippen molar-refractivity contribution < 1.29 is 18.0 Å². The molecule has 26 heavy (non-hydrogen) atoms. The summed E-state index contributed by atoms with van der Waals surface area (Å²) in [6.07, 6.45) is 2.35. The van der Waals surface area contributed by atoms with Gasteiger partial charge in [0, 0.05) is 37.2 Å². The number of sulfonamides is 1. The summed E-state index contributed by atoms with van der Waals surface area (Å²) in [6, 6.07) is 5.74. The van der Waals surface area contributed by atoms with Gasteiger partial charge in [-0.15, -0.1) is 0 Å². The number of likely N-dealkylation sites (tertiary alicyclic amines) is 1. The SMILES string of the molecule is CC(C)(C)NS(=O)(=O)c1ccc(C(=O)NCCC(=O)N2CCCC2)cc1. The van der Waals surface area contributed by atoms with Gasteiger partial charge in [0.1, 0.15) is 0 Å². The number of nitrogens with zero attached hydrogens (tertiary/aromatic N) is 1. The third-order valence-electron chi connectivity index (χ3n) is 3.95. The molecule has 1 fully saturated rings. The molecule has 2 rings (SSSR count). The molecular formula is C18H27N3O4S. The van der Waals surface area contributed by atoms with Crippen LogP contribution in [0.3, 0.4) is 0 Å². The molecular weight excluding hydrogens is 354 g/mol. The van der Waals surface area contributed by atoms with E-state index in [2.05, 4.69) is 10.0 Å². The van der Waals surface area contributed by atoms with E-state index in [0.29, 0.717) is 5.56 Å². The number of hydrogen-bond donors (Lipinski definition) is 2. The first-order chi connectivity index (χ1) is 12.1. The van der Waals surface area contributed by atoms with Gasteiger partial charge in [0.25, 0.3) is 5.91 Å². The van der Waals surface area contributed by atoms with E-state index in [0.717, 1.165) is 25.9 Å². The van der Waals surface area contributed by atoms with Crippen molar-refractivity contribution in [3.63, 3.8) is 0 Å². The van der Waals surface area contributed by atoms with Crippen molar-refractivity contribution >= 4 is 21.8 Å². The quantitative estimate of drug-likeness (QED) is 0.781. The smallest absolute Gasteiger partial charge is 0.251 e. The van der Waals surface area contributed by atoms with E-state index in [1.54, 1.807) is 20.8 Å². The Kier molecular flexibility index (Phi) is 6.41. The van der Waals surface area contributed by atoms with Crippen LogP contribution in [0.4, 0.5) is 0 Å². The predicted octanol–water partition coefficient (Wildman–Crippen LogP) is 1.51. The van der Waals surface area contributed by atoms with Gasteiger partial charge in [0.05, 0.1) is 4.90 Å². The first-order valence-corrected chi connectivity index (χ1v) is 10.3. The van der Waals surface area contributed by atoms with Crippen LogP contribution in [0.1, 0.15) is 50.4 Å². The van der Waals surface area contributed by atoms with Crippen LogP contribution in [0, 0.1) is 0 Å². The minimum absolute atomic E-state index is 0.0532. The van der Waals surface area contributed by atoms with Gasteiger partial charge < -0.3 is 10.2 Å². The van der Waals surface area contributed by atoms with Gasteiger partial charge in [-0.25, -0.2) is 13.1 Å². The van der Waals surface area contributed by atoms with Crippen LogP contribution in [0.5, 0.6) is 0 Å². The van der Waals surface area contributed by atoms with E-state index in [-0.39, 0.29) is 29.7 Å². The summed E-state index contributed by atoms with van der Waals surface area (Å²) in [4.78, 5) is 26.0. The standard InChI is InChI=1S/C18H27N3O4S/c1-18(2,3)20-26(24,25)15-8-6-14(7-9-15)17(23)19-11-10-16(22)21-12-4-5-13-21/h6-9,20H,4-5,10-13H2,1-3H3,(H,19,23). The maximum absolute atomic E-state index is 12.2. The molecule has 1 saturated heterocycles. The van der Waals surface area contributed by atoms with Gasteiger partial charge in [0.2, 0.25) is 15.9 Å². The molecule has 0 unspecified atom stereocenters. The normalized spacial score (nSPS) is 15.1. The lowest BCUT2D eigenvalue weighted by Gasteiger charge is -2.20. The second kappa shape index (κ2) is 8.18. The molecule has 0 bridgehead atoms. The van der Waals surface area contributed by atoms with Gasteiger partial charge in [0.15, 0.2) is 0 Å². The van der Waals surface area contributed by atoms with E-state index in [1.165, 1.54) is 24.3 Å². The summed E-state index contributed by atoms with van der Waals surface area (Å²) in [5.74, 6) is -0.274. The van der Waals surface area contributed by atoms with Crippen LogP contribution in [-0.2, 0) is 14.8 Å². The lowest BCUT2D eigenvalue weighted by molar-refractivity contribution is -0.129. The second-order valence-corrected chi connectivity index (χ2v) is 9.16. The van der Waals surface area contributed by atoms with Gasteiger partial charge >= 0.3 is 0 Å². The monoisotopic (exact) mass is 381 g/mol. The Balaban J connectivity index is 1.89. The fourth-order valence-corrected chi connectivity index (χ4v) is 4.18. The molecule has 0 atom stereocenters. The summed E-state index contributed by atoms with van der Waals surface area (Å²) in [5, 5.41) is 2.70. The van der Waals surface area contributed by atoms with Crippen molar-refractivity contribution in [1.82, 2.24) is 14.9 Å². The van der Waals surface area contributed by atoms with Gasteiger partial charge in [-0.1, -0.05) is 0 Å². The van der Waals surface area contributed by atoms with Gasteiger partial charge in [-0.3, -0.25) is 9.59 Å². The van der Waals surface area contributed by atoms with Gasteiger partial charge in [-0.2, -0.15) is 0 Å². The molecule has 1 aromatic rings. The Bertz CT molecular complexity index is 746. The van der Waals surface area contributed by atoms with Crippen molar-refractivity contribution in [3.8, 4) is 0 Å². The summed E-state index contributed by atoms with van der Waals surface area (Å²) in [5.41, 5.74) is -0.232. The van der Waals surface area contributed by atoms with Crippen LogP contribution in [0.15, 0.2) is 29.2 Å². The number of amides is 2. The first kappa shape index (κ1) is 20.4. The molecule has 1 aromatic carbocycles. The largest absolute Gasteiger partial charge is 0.352 e. The molecule has 0 radical (unpaired) electrons. The summed E-state index contributed by atoms with van der Waals surface area (Å²) in [6.45, 7) is 7.14. The Morgan fingerprint density at radius 3 is 2.19 bits per heavy atom. The van der Waals surface area contributed by atoms with E-state index in [9.17, 15) is 18.0 Å². The number of nitrogens with one attached hydrogen (secondary N) is 2. The molecule has 0 aliphatic carbocycles. The molecule has 2 N–H and O–H groups in total. The summed E-state index contributed by atoms with van der Waals surface area (Å²) >= 11 is 0. The molecule has 8 heteroatoms. The van der Waals surface area contributed by atoms with Crippen molar-refractivity contribution in [1.29, 1.82) is 0 Å². The van der Waals surface area contributed by atoms with Crippen molar-refractivity contribution in [3.05, 3.63) is 29.8 Å². The van der Waals surface area contributed by atoms with Gasteiger partial charge in [-0.05, 0) is 57.9 Å². The molecule has 0 saturated carbocycles. The Labute approximate surface area is 155 Å². The minimum atomic E-state index is -3.63. The molecule has 1 aliphatic rings. The minimum Gasteiger partial charge on any atom is -0.352 e. The molecule has 7 nitrogen and oxygen atoms in total. The second-order valence-electron chi connectivity index (χ2n) is 7.47. The fraction of sp³-hybridized carbons (Fsp3) is 0.556. The van der Waals surface area contributed by atoms with Crippen LogP contribution < -0.4 is 10.0 Å². The highest BCUT2D eigenvalue weighted by atomic mass is 32.2. The summed E-state index contributed by atoms with van der Waals surface area (Å²) < 4.78 is 27.1. The predicted molar refractivity (Wildman–Crippen MR) is 99.3 cm³/mol. The average Bonchev–Trinajstić information content (AvgIpc) is 3.07. The average molecular weight is 381 g/mol. The fourth-order valence-electron chi connectivity index (χ4n) is 2.76. The van der Waals surface area contributed by atoms with Crippen LogP contribution in [0.2, 0.25) is 0 Å². The number of carbonyl (C=O) groups excluding carboxylic acids is 2. The van der Waals surface area contributed by atoms with Crippen LogP contribution in [0.25, 0.3) is 0 Å². The topological polar surface area (TPSA) is 95.6 Å². The molecule has 1 heterocycles. The van der Waals surface area contributed by atoms with Crippen LogP contribution in [-0.4, -0.2) is 50.3 Å². The highest BCUT2D eigenvalue weighted by Crippen LogP contribution is 2.14. The van der Waals surface area contributed by atoms with E-state index < -0.39 is 15.6 Å². The molecule has 0 spiro atoms. The zero-order chi connectivity index (χ0) is 19.4. The maximum Gasteiger partial charge on any atom is 0.251 e. The maximum atomic E-state index is 12.2. The first-order valence-electron chi connectivity index (χ1n) is 8.78. The summed E-state index contributed by atoms with van der Waals surface area (Å²) in [7, 11) is -3.63. The van der Waals surface area contributed by atoms with E-state index in [1.807, 2.05) is 4.90 Å². The van der Waals surface area contributed by atoms with Crippen molar-refractivity contribution in [2.75, 3.05) is 19.6 Å².